The summed E-state index contributed by atoms with van der Waals surface area (Å²) in [4.78, 5) is 25.8. The first kappa shape index (κ1) is 22.8. The van der Waals surface area contributed by atoms with E-state index < -0.39 is 40.2 Å². The van der Waals surface area contributed by atoms with E-state index in [-0.39, 0.29) is 36.6 Å². The minimum absolute atomic E-state index is 0.0740. The van der Waals surface area contributed by atoms with Gasteiger partial charge in [0.15, 0.2) is 6.61 Å². The lowest BCUT2D eigenvalue weighted by Crippen LogP contribution is -2.51. The zero-order valence-corrected chi connectivity index (χ0v) is 17.0. The fraction of sp³-hybridized carbons (Fsp3) is 0.300. The van der Waals surface area contributed by atoms with Gasteiger partial charge in [-0.1, -0.05) is 24.3 Å². The average molecular weight is 456 g/mol. The number of esters is 1. The van der Waals surface area contributed by atoms with E-state index in [0.29, 0.717) is 6.07 Å². The van der Waals surface area contributed by atoms with Crippen LogP contribution in [0.3, 0.4) is 0 Å². The van der Waals surface area contributed by atoms with Gasteiger partial charge in [0.05, 0.1) is 16.0 Å². The van der Waals surface area contributed by atoms with Crippen LogP contribution in [0.4, 0.5) is 13.2 Å². The second kappa shape index (κ2) is 9.06. The number of hydrogen-bond donors (Lipinski definition) is 0. The Balaban J connectivity index is 1.53. The Bertz CT molecular complexity index is 1050. The van der Waals surface area contributed by atoms with Gasteiger partial charge in [0.2, 0.25) is 10.0 Å². The Morgan fingerprint density at radius 2 is 1.58 bits per heavy atom. The number of benzene rings is 2. The Kier molecular flexibility index (Phi) is 6.65. The van der Waals surface area contributed by atoms with Crippen molar-refractivity contribution < 1.29 is 35.9 Å². The molecule has 1 amide bonds. The van der Waals surface area contributed by atoms with Crippen LogP contribution < -0.4 is 0 Å². The molecular weight excluding hydrogens is 437 g/mol. The van der Waals surface area contributed by atoms with E-state index in [1.807, 2.05) is 0 Å². The number of sulfonamides is 1. The highest BCUT2D eigenvalue weighted by atomic mass is 32.2. The van der Waals surface area contributed by atoms with Crippen LogP contribution in [-0.2, 0) is 25.7 Å². The number of ether oxygens (including phenoxy) is 1. The van der Waals surface area contributed by atoms with E-state index in [9.17, 15) is 31.2 Å². The van der Waals surface area contributed by atoms with Gasteiger partial charge in [-0.25, -0.2) is 13.2 Å². The monoisotopic (exact) mass is 456 g/mol. The zero-order valence-electron chi connectivity index (χ0n) is 16.2. The molecular formula is C20H19F3N2O5S. The molecule has 1 heterocycles. The summed E-state index contributed by atoms with van der Waals surface area (Å²) in [7, 11) is -3.67. The van der Waals surface area contributed by atoms with Crippen molar-refractivity contribution in [2.75, 3.05) is 32.8 Å². The number of nitrogens with zero attached hydrogens (tertiary/aromatic N) is 2. The first-order chi connectivity index (χ1) is 14.6. The molecule has 0 atom stereocenters. The number of rotatable bonds is 5. The second-order valence-corrected chi connectivity index (χ2v) is 8.69. The first-order valence-corrected chi connectivity index (χ1v) is 10.7. The molecule has 0 saturated carbocycles. The lowest BCUT2D eigenvalue weighted by atomic mass is 10.1. The SMILES string of the molecule is O=C(OCC(=O)N1CCN(S(=O)(=O)c2ccccc2)CC1)c1cccc(C(F)(F)F)c1. The largest absolute Gasteiger partial charge is 0.452 e. The van der Waals surface area contributed by atoms with Crippen molar-refractivity contribution in [3.05, 3.63) is 65.7 Å². The van der Waals surface area contributed by atoms with Gasteiger partial charge in [0, 0.05) is 26.2 Å². The maximum Gasteiger partial charge on any atom is 0.416 e. The van der Waals surface area contributed by atoms with Gasteiger partial charge in [-0.3, -0.25) is 4.79 Å². The Hall–Kier alpha value is -2.92. The third kappa shape index (κ3) is 5.42. The third-order valence-electron chi connectivity index (χ3n) is 4.72. The van der Waals surface area contributed by atoms with Crippen molar-refractivity contribution in [2.24, 2.45) is 0 Å². The lowest BCUT2D eigenvalue weighted by molar-refractivity contribution is -0.138. The summed E-state index contributed by atoms with van der Waals surface area (Å²) in [5.74, 6) is -1.61. The normalized spacial score (nSPS) is 15.5. The fourth-order valence-corrected chi connectivity index (χ4v) is 4.49. The van der Waals surface area contributed by atoms with Crippen molar-refractivity contribution in [1.82, 2.24) is 9.21 Å². The van der Waals surface area contributed by atoms with Crippen LogP contribution in [0.1, 0.15) is 15.9 Å². The topological polar surface area (TPSA) is 84.0 Å². The predicted octanol–water partition coefficient (Wildman–Crippen LogP) is 2.40. The molecule has 0 aromatic heterocycles. The second-order valence-electron chi connectivity index (χ2n) is 6.75. The number of halogens is 3. The molecule has 1 aliphatic heterocycles. The van der Waals surface area contributed by atoms with Crippen molar-refractivity contribution in [2.45, 2.75) is 11.1 Å². The van der Waals surface area contributed by atoms with Crippen LogP contribution in [0.2, 0.25) is 0 Å². The van der Waals surface area contributed by atoms with Crippen LogP contribution in [0.15, 0.2) is 59.5 Å². The smallest absolute Gasteiger partial charge is 0.416 e. The Morgan fingerprint density at radius 3 is 2.19 bits per heavy atom. The molecule has 0 unspecified atom stereocenters. The van der Waals surface area contributed by atoms with Gasteiger partial charge in [0.1, 0.15) is 0 Å². The maximum absolute atomic E-state index is 12.8. The van der Waals surface area contributed by atoms with Crippen LogP contribution >= 0.6 is 0 Å². The number of carbonyl (C=O) groups is 2. The zero-order chi connectivity index (χ0) is 22.6. The maximum atomic E-state index is 12.8. The molecule has 0 radical (unpaired) electrons. The van der Waals surface area contributed by atoms with E-state index in [2.05, 4.69) is 0 Å². The molecule has 0 N–H and O–H groups in total. The van der Waals surface area contributed by atoms with Gasteiger partial charge >= 0.3 is 12.1 Å². The summed E-state index contributed by atoms with van der Waals surface area (Å²) >= 11 is 0. The van der Waals surface area contributed by atoms with Crippen LogP contribution in [0, 0.1) is 0 Å². The standard InChI is InChI=1S/C20H19F3N2O5S/c21-20(22,23)16-6-4-5-15(13-16)19(27)30-14-18(26)24-9-11-25(12-10-24)31(28,29)17-7-2-1-3-8-17/h1-8,13H,9-12,14H2. The molecule has 166 valence electrons. The van der Waals surface area contributed by atoms with Crippen molar-refractivity contribution in [1.29, 1.82) is 0 Å². The van der Waals surface area contributed by atoms with E-state index in [1.54, 1.807) is 18.2 Å². The Labute approximate surface area is 177 Å². The molecule has 1 aliphatic rings. The number of piperazine rings is 1. The quantitative estimate of drug-likeness (QED) is 0.646. The summed E-state index contributed by atoms with van der Waals surface area (Å²) in [5.41, 5.74) is -1.31. The number of alkyl halides is 3. The van der Waals surface area contributed by atoms with Crippen LogP contribution in [-0.4, -0.2) is 62.3 Å². The number of hydrogen-bond acceptors (Lipinski definition) is 5. The van der Waals surface area contributed by atoms with Crippen molar-refractivity contribution >= 4 is 21.9 Å². The third-order valence-corrected chi connectivity index (χ3v) is 6.64. The fourth-order valence-electron chi connectivity index (χ4n) is 3.04. The van der Waals surface area contributed by atoms with Gasteiger partial charge < -0.3 is 9.64 Å². The lowest BCUT2D eigenvalue weighted by Gasteiger charge is -2.33. The van der Waals surface area contributed by atoms with Crippen LogP contribution in [0.25, 0.3) is 0 Å². The molecule has 0 aliphatic carbocycles. The molecule has 1 fully saturated rings. The summed E-state index contributed by atoms with van der Waals surface area (Å²) < 4.78 is 69.6. The molecule has 1 saturated heterocycles. The summed E-state index contributed by atoms with van der Waals surface area (Å²) in [6.07, 6.45) is -4.61. The van der Waals surface area contributed by atoms with Crippen LogP contribution in [0.5, 0.6) is 0 Å². The highest BCUT2D eigenvalue weighted by Gasteiger charge is 2.32. The molecule has 0 bridgehead atoms. The summed E-state index contributed by atoms with van der Waals surface area (Å²) in [5, 5.41) is 0. The number of carbonyl (C=O) groups excluding carboxylic acids is 2. The minimum Gasteiger partial charge on any atom is -0.452 e. The van der Waals surface area contributed by atoms with E-state index in [1.165, 1.54) is 21.3 Å². The average Bonchev–Trinajstić information content (AvgIpc) is 2.77. The summed E-state index contributed by atoms with van der Waals surface area (Å²) in [6, 6.07) is 11.6. The van der Waals surface area contributed by atoms with Gasteiger partial charge in [-0.2, -0.15) is 17.5 Å². The predicted molar refractivity (Wildman–Crippen MR) is 104 cm³/mol. The highest BCUT2D eigenvalue weighted by molar-refractivity contribution is 7.89. The molecule has 3 rings (SSSR count). The van der Waals surface area contributed by atoms with Gasteiger partial charge in [-0.05, 0) is 30.3 Å². The van der Waals surface area contributed by atoms with E-state index >= 15 is 0 Å². The summed E-state index contributed by atoms with van der Waals surface area (Å²) in [6.45, 7) is -0.298. The highest BCUT2D eigenvalue weighted by Crippen LogP contribution is 2.29. The van der Waals surface area contributed by atoms with Crippen molar-refractivity contribution in [3.8, 4) is 0 Å². The van der Waals surface area contributed by atoms with E-state index in [0.717, 1.165) is 18.2 Å². The molecule has 7 nitrogen and oxygen atoms in total. The molecule has 11 heteroatoms. The minimum atomic E-state index is -4.61. The molecule has 2 aromatic rings. The number of amides is 1. The molecule has 0 spiro atoms. The van der Waals surface area contributed by atoms with Crippen molar-refractivity contribution in [3.63, 3.8) is 0 Å². The molecule has 31 heavy (non-hydrogen) atoms. The first-order valence-electron chi connectivity index (χ1n) is 9.26. The molecule has 2 aromatic carbocycles. The Morgan fingerprint density at radius 1 is 0.935 bits per heavy atom. The van der Waals surface area contributed by atoms with Gasteiger partial charge in [-0.15, -0.1) is 0 Å². The van der Waals surface area contributed by atoms with Gasteiger partial charge in [0.25, 0.3) is 5.91 Å². The van der Waals surface area contributed by atoms with E-state index in [4.69, 9.17) is 4.74 Å².